The standard InChI is InChI=1S/C20H27N5O4/c1-14-17(15(2)29-23-14)6-9-20(28)25-11-3-10-24(12-13-25)19(27)8-5-16-4-7-18(26)22-21-16/h4,7H,3,5-6,8-13H2,1-2H3,(H,22,26). The van der Waals surface area contributed by atoms with Crippen molar-refractivity contribution in [2.75, 3.05) is 26.2 Å². The van der Waals surface area contributed by atoms with Gasteiger partial charge in [0, 0.05) is 57.1 Å². The van der Waals surface area contributed by atoms with Gasteiger partial charge in [-0.1, -0.05) is 5.16 Å². The Hall–Kier alpha value is -2.97. The van der Waals surface area contributed by atoms with Crippen molar-refractivity contribution in [2.24, 2.45) is 0 Å². The number of aromatic nitrogens is 3. The monoisotopic (exact) mass is 401 g/mol. The predicted molar refractivity (Wildman–Crippen MR) is 105 cm³/mol. The molecule has 29 heavy (non-hydrogen) atoms. The number of rotatable bonds is 6. The molecule has 0 aliphatic carbocycles. The second kappa shape index (κ2) is 9.49. The molecule has 0 radical (unpaired) electrons. The summed E-state index contributed by atoms with van der Waals surface area (Å²) in [6.45, 7) is 6.13. The number of H-pyrrole nitrogens is 1. The summed E-state index contributed by atoms with van der Waals surface area (Å²) in [5.74, 6) is 0.902. The molecule has 1 aliphatic heterocycles. The van der Waals surface area contributed by atoms with Crippen molar-refractivity contribution in [3.8, 4) is 0 Å². The molecular formula is C20H27N5O4. The molecule has 0 aromatic carbocycles. The highest BCUT2D eigenvalue weighted by Gasteiger charge is 2.22. The van der Waals surface area contributed by atoms with Crippen LogP contribution in [-0.4, -0.2) is 63.1 Å². The van der Waals surface area contributed by atoms with Crippen LogP contribution in [0.3, 0.4) is 0 Å². The fraction of sp³-hybridized carbons (Fsp3) is 0.550. The molecule has 0 bridgehead atoms. The molecule has 0 atom stereocenters. The summed E-state index contributed by atoms with van der Waals surface area (Å²) in [4.78, 5) is 39.8. The molecule has 156 valence electrons. The first kappa shape index (κ1) is 20.8. The Balaban J connectivity index is 1.46. The van der Waals surface area contributed by atoms with Crippen molar-refractivity contribution in [2.45, 2.75) is 46.0 Å². The highest BCUT2D eigenvalue weighted by Crippen LogP contribution is 2.16. The maximum atomic E-state index is 12.6. The summed E-state index contributed by atoms with van der Waals surface area (Å²) >= 11 is 0. The van der Waals surface area contributed by atoms with Crippen LogP contribution in [-0.2, 0) is 22.4 Å². The van der Waals surface area contributed by atoms with E-state index in [9.17, 15) is 14.4 Å². The van der Waals surface area contributed by atoms with Gasteiger partial charge in [-0.05, 0) is 32.8 Å². The number of hydrogen-bond acceptors (Lipinski definition) is 6. The first-order valence-electron chi connectivity index (χ1n) is 9.96. The van der Waals surface area contributed by atoms with Crippen molar-refractivity contribution in [3.63, 3.8) is 0 Å². The van der Waals surface area contributed by atoms with Crippen LogP contribution in [0, 0.1) is 13.8 Å². The topological polar surface area (TPSA) is 112 Å². The number of aryl methyl sites for hydroxylation is 3. The third-order valence-electron chi connectivity index (χ3n) is 5.30. The zero-order valence-electron chi connectivity index (χ0n) is 16.9. The largest absolute Gasteiger partial charge is 0.361 e. The van der Waals surface area contributed by atoms with Crippen molar-refractivity contribution in [1.82, 2.24) is 25.2 Å². The molecule has 0 spiro atoms. The Morgan fingerprint density at radius 3 is 2.24 bits per heavy atom. The van der Waals surface area contributed by atoms with E-state index in [4.69, 9.17) is 4.52 Å². The minimum Gasteiger partial charge on any atom is -0.361 e. The van der Waals surface area contributed by atoms with Crippen LogP contribution in [0.1, 0.15) is 42.0 Å². The van der Waals surface area contributed by atoms with Crippen LogP contribution in [0.25, 0.3) is 0 Å². The van der Waals surface area contributed by atoms with Crippen LogP contribution in [0.15, 0.2) is 21.5 Å². The van der Waals surface area contributed by atoms with Crippen molar-refractivity contribution in [1.29, 1.82) is 0 Å². The predicted octanol–water partition coefficient (Wildman–Crippen LogP) is 1.00. The lowest BCUT2D eigenvalue weighted by atomic mass is 10.1. The molecule has 9 heteroatoms. The molecule has 0 unspecified atom stereocenters. The van der Waals surface area contributed by atoms with Crippen LogP contribution in [0.2, 0.25) is 0 Å². The first-order chi connectivity index (χ1) is 13.9. The molecular weight excluding hydrogens is 374 g/mol. The zero-order chi connectivity index (χ0) is 20.8. The number of carbonyl (C=O) groups excluding carboxylic acids is 2. The van der Waals surface area contributed by atoms with Gasteiger partial charge in [0.25, 0.3) is 5.56 Å². The Morgan fingerprint density at radius 2 is 1.69 bits per heavy atom. The summed E-state index contributed by atoms with van der Waals surface area (Å²) in [6.07, 6.45) is 2.60. The Bertz CT molecular complexity index is 880. The lowest BCUT2D eigenvalue weighted by Crippen LogP contribution is -2.37. The van der Waals surface area contributed by atoms with Crippen molar-refractivity contribution >= 4 is 11.8 Å². The quantitative estimate of drug-likeness (QED) is 0.773. The second-order valence-electron chi connectivity index (χ2n) is 7.33. The number of amides is 2. The highest BCUT2D eigenvalue weighted by atomic mass is 16.5. The normalized spacial score (nSPS) is 14.7. The molecule has 3 heterocycles. The smallest absolute Gasteiger partial charge is 0.264 e. The Kier molecular flexibility index (Phi) is 6.79. The molecule has 1 N–H and O–H groups in total. The lowest BCUT2D eigenvalue weighted by molar-refractivity contribution is -0.133. The number of carbonyl (C=O) groups is 2. The van der Waals surface area contributed by atoms with Gasteiger partial charge in [0.15, 0.2) is 0 Å². The zero-order valence-corrected chi connectivity index (χ0v) is 16.9. The minimum atomic E-state index is -0.258. The van der Waals surface area contributed by atoms with Crippen LogP contribution >= 0.6 is 0 Å². The van der Waals surface area contributed by atoms with Crippen molar-refractivity contribution in [3.05, 3.63) is 45.2 Å². The van der Waals surface area contributed by atoms with Gasteiger partial charge in [-0.25, -0.2) is 5.10 Å². The van der Waals surface area contributed by atoms with Gasteiger partial charge in [-0.15, -0.1) is 0 Å². The average molecular weight is 401 g/mol. The fourth-order valence-corrected chi connectivity index (χ4v) is 3.57. The van der Waals surface area contributed by atoms with Gasteiger partial charge in [-0.3, -0.25) is 14.4 Å². The molecule has 0 saturated carbocycles. The molecule has 1 saturated heterocycles. The van der Waals surface area contributed by atoms with E-state index >= 15 is 0 Å². The van der Waals surface area contributed by atoms with Crippen LogP contribution < -0.4 is 5.56 Å². The average Bonchev–Trinajstić information content (AvgIpc) is 2.90. The molecule has 1 fully saturated rings. The summed E-state index contributed by atoms with van der Waals surface area (Å²) in [5, 5.41) is 10.2. The van der Waals surface area contributed by atoms with E-state index in [0.717, 1.165) is 23.4 Å². The lowest BCUT2D eigenvalue weighted by Gasteiger charge is -2.22. The summed E-state index contributed by atoms with van der Waals surface area (Å²) < 4.78 is 5.15. The van der Waals surface area contributed by atoms with Gasteiger partial charge >= 0.3 is 0 Å². The maximum Gasteiger partial charge on any atom is 0.264 e. The molecule has 3 rings (SSSR count). The van der Waals surface area contributed by atoms with E-state index in [1.165, 1.54) is 6.07 Å². The second-order valence-corrected chi connectivity index (χ2v) is 7.33. The molecule has 2 amide bonds. The van der Waals surface area contributed by atoms with E-state index in [1.807, 2.05) is 23.6 Å². The number of hydrogen-bond donors (Lipinski definition) is 1. The van der Waals surface area contributed by atoms with Gasteiger partial charge < -0.3 is 14.3 Å². The SMILES string of the molecule is Cc1noc(C)c1CCC(=O)N1CCCN(C(=O)CCc2ccc(=O)[nH]n2)CC1. The molecule has 9 nitrogen and oxygen atoms in total. The molecule has 2 aromatic heterocycles. The van der Waals surface area contributed by atoms with E-state index in [2.05, 4.69) is 15.4 Å². The van der Waals surface area contributed by atoms with Crippen molar-refractivity contribution < 1.29 is 14.1 Å². The highest BCUT2D eigenvalue weighted by molar-refractivity contribution is 5.78. The Morgan fingerprint density at radius 1 is 1.03 bits per heavy atom. The molecule has 1 aliphatic rings. The third kappa shape index (κ3) is 5.52. The number of nitrogens with one attached hydrogen (secondary N) is 1. The third-order valence-corrected chi connectivity index (χ3v) is 5.30. The van der Waals surface area contributed by atoms with Crippen LogP contribution in [0.5, 0.6) is 0 Å². The summed E-state index contributed by atoms with van der Waals surface area (Å²) in [7, 11) is 0. The van der Waals surface area contributed by atoms with Gasteiger partial charge in [0.05, 0.1) is 11.4 Å². The minimum absolute atomic E-state index is 0.0445. The summed E-state index contributed by atoms with van der Waals surface area (Å²) in [5.41, 5.74) is 2.26. The fourth-order valence-electron chi connectivity index (χ4n) is 3.57. The van der Waals surface area contributed by atoms with E-state index < -0.39 is 0 Å². The molecule has 2 aromatic rings. The van der Waals surface area contributed by atoms with Crippen LogP contribution in [0.4, 0.5) is 0 Å². The van der Waals surface area contributed by atoms with E-state index in [1.54, 1.807) is 6.07 Å². The van der Waals surface area contributed by atoms with Gasteiger partial charge in [0.1, 0.15) is 5.76 Å². The maximum absolute atomic E-state index is 12.6. The number of nitrogens with zero attached hydrogens (tertiary/aromatic N) is 4. The van der Waals surface area contributed by atoms with Gasteiger partial charge in [-0.2, -0.15) is 5.10 Å². The number of aromatic amines is 1. The first-order valence-corrected chi connectivity index (χ1v) is 9.96. The van der Waals surface area contributed by atoms with E-state index in [0.29, 0.717) is 57.6 Å². The Labute approximate surface area is 169 Å². The van der Waals surface area contributed by atoms with E-state index in [-0.39, 0.29) is 17.4 Å². The van der Waals surface area contributed by atoms with Gasteiger partial charge in [0.2, 0.25) is 11.8 Å². The summed E-state index contributed by atoms with van der Waals surface area (Å²) in [6, 6.07) is 3.04.